The lowest BCUT2D eigenvalue weighted by Crippen LogP contribution is -2.33. The molecular formula is C10H17N3O. The topological polar surface area (TPSA) is 49.6 Å². The number of likely N-dealkylation sites (N-methyl/N-ethyl adjacent to an activating group) is 1. The number of primary amides is 1. The third kappa shape index (κ3) is 3.22. The van der Waals surface area contributed by atoms with Gasteiger partial charge in [0.2, 0.25) is 5.91 Å². The van der Waals surface area contributed by atoms with Gasteiger partial charge in [0, 0.05) is 25.2 Å². The van der Waals surface area contributed by atoms with Gasteiger partial charge in [0.1, 0.15) is 0 Å². The van der Waals surface area contributed by atoms with Crippen LogP contribution in [0.5, 0.6) is 0 Å². The summed E-state index contributed by atoms with van der Waals surface area (Å²) in [6.07, 6.45) is 5.61. The van der Waals surface area contributed by atoms with Crippen LogP contribution < -0.4 is 5.73 Å². The van der Waals surface area contributed by atoms with Crippen LogP contribution in [0.25, 0.3) is 0 Å². The Bertz CT molecular complexity index is 269. The molecule has 1 heterocycles. The highest BCUT2D eigenvalue weighted by Gasteiger charge is 2.11. The Kier molecular flexibility index (Phi) is 3.71. The van der Waals surface area contributed by atoms with E-state index in [2.05, 4.69) is 9.80 Å². The number of carbonyl (C=O) groups is 1. The number of amides is 1. The highest BCUT2D eigenvalue weighted by atomic mass is 16.1. The SMILES string of the molecule is CN(C)CCN1C=CC=C(C(N)=O)C1. The predicted octanol–water partition coefficient (Wildman–Crippen LogP) is -0.211. The summed E-state index contributed by atoms with van der Waals surface area (Å²) in [7, 11) is 4.05. The molecule has 4 heteroatoms. The molecule has 1 rings (SSSR count). The maximum Gasteiger partial charge on any atom is 0.246 e. The molecule has 0 aromatic heterocycles. The maximum absolute atomic E-state index is 10.9. The molecule has 1 aliphatic heterocycles. The number of rotatable bonds is 4. The minimum absolute atomic E-state index is 0.329. The molecule has 2 N–H and O–H groups in total. The van der Waals surface area contributed by atoms with E-state index in [1.807, 2.05) is 26.4 Å². The smallest absolute Gasteiger partial charge is 0.246 e. The van der Waals surface area contributed by atoms with Crippen LogP contribution in [-0.2, 0) is 4.79 Å². The lowest BCUT2D eigenvalue weighted by atomic mass is 10.2. The highest BCUT2D eigenvalue weighted by Crippen LogP contribution is 2.06. The number of carbonyl (C=O) groups excluding carboxylic acids is 1. The first-order valence-corrected chi connectivity index (χ1v) is 4.65. The third-order valence-corrected chi connectivity index (χ3v) is 2.12. The minimum atomic E-state index is -0.329. The van der Waals surface area contributed by atoms with E-state index in [1.54, 1.807) is 6.08 Å². The van der Waals surface area contributed by atoms with Crippen molar-refractivity contribution in [2.24, 2.45) is 5.73 Å². The standard InChI is InChI=1S/C10H17N3O/c1-12(2)6-7-13-5-3-4-9(8-13)10(11)14/h3-5H,6-8H2,1-2H3,(H2,11,14). The molecule has 0 saturated carbocycles. The van der Waals surface area contributed by atoms with E-state index in [1.165, 1.54) is 0 Å². The Morgan fingerprint density at radius 2 is 2.36 bits per heavy atom. The zero-order valence-corrected chi connectivity index (χ0v) is 8.73. The normalized spacial score (nSPS) is 15.9. The Hall–Kier alpha value is -1.29. The van der Waals surface area contributed by atoms with E-state index in [9.17, 15) is 4.79 Å². The summed E-state index contributed by atoms with van der Waals surface area (Å²) in [4.78, 5) is 15.1. The molecule has 0 saturated heterocycles. The molecule has 14 heavy (non-hydrogen) atoms. The van der Waals surface area contributed by atoms with Crippen molar-refractivity contribution >= 4 is 5.91 Å². The van der Waals surface area contributed by atoms with Gasteiger partial charge in [-0.05, 0) is 26.4 Å². The second kappa shape index (κ2) is 4.81. The molecule has 0 spiro atoms. The molecule has 0 atom stereocenters. The summed E-state index contributed by atoms with van der Waals surface area (Å²) in [5, 5.41) is 0. The van der Waals surface area contributed by atoms with Crippen molar-refractivity contribution in [3.63, 3.8) is 0 Å². The summed E-state index contributed by atoms with van der Waals surface area (Å²) in [6.45, 7) is 2.50. The Balaban J connectivity index is 2.42. The van der Waals surface area contributed by atoms with Gasteiger partial charge in [0.25, 0.3) is 0 Å². The first-order chi connectivity index (χ1) is 6.59. The van der Waals surface area contributed by atoms with Gasteiger partial charge < -0.3 is 15.5 Å². The lowest BCUT2D eigenvalue weighted by Gasteiger charge is -2.24. The first kappa shape index (κ1) is 10.8. The second-order valence-electron chi connectivity index (χ2n) is 3.67. The van der Waals surface area contributed by atoms with Crippen LogP contribution in [0, 0.1) is 0 Å². The molecule has 0 aromatic carbocycles. The molecule has 0 radical (unpaired) electrons. The van der Waals surface area contributed by atoms with E-state index >= 15 is 0 Å². The predicted molar refractivity (Wildman–Crippen MR) is 56.5 cm³/mol. The number of allylic oxidation sites excluding steroid dienone is 2. The van der Waals surface area contributed by atoms with Crippen molar-refractivity contribution in [3.05, 3.63) is 23.9 Å². The second-order valence-corrected chi connectivity index (χ2v) is 3.67. The third-order valence-electron chi connectivity index (χ3n) is 2.12. The van der Waals surface area contributed by atoms with Crippen molar-refractivity contribution < 1.29 is 4.79 Å². The summed E-state index contributed by atoms with van der Waals surface area (Å²) >= 11 is 0. The molecule has 0 fully saturated rings. The highest BCUT2D eigenvalue weighted by molar-refractivity contribution is 5.92. The van der Waals surface area contributed by atoms with Gasteiger partial charge in [-0.3, -0.25) is 4.79 Å². The molecule has 0 bridgehead atoms. The molecule has 0 aliphatic carbocycles. The zero-order valence-electron chi connectivity index (χ0n) is 8.73. The Morgan fingerprint density at radius 3 is 2.93 bits per heavy atom. The van der Waals surface area contributed by atoms with E-state index in [4.69, 9.17) is 5.73 Å². The van der Waals surface area contributed by atoms with Gasteiger partial charge in [-0.2, -0.15) is 0 Å². The minimum Gasteiger partial charge on any atom is -0.372 e. The van der Waals surface area contributed by atoms with Crippen LogP contribution in [0.3, 0.4) is 0 Å². The van der Waals surface area contributed by atoms with E-state index in [0.29, 0.717) is 12.1 Å². The first-order valence-electron chi connectivity index (χ1n) is 4.65. The van der Waals surface area contributed by atoms with Gasteiger partial charge in [0.15, 0.2) is 0 Å². The average molecular weight is 195 g/mol. The Morgan fingerprint density at radius 1 is 1.64 bits per heavy atom. The maximum atomic E-state index is 10.9. The van der Waals surface area contributed by atoms with Crippen LogP contribution in [0.4, 0.5) is 0 Å². The van der Waals surface area contributed by atoms with Crippen molar-refractivity contribution in [1.29, 1.82) is 0 Å². The fourth-order valence-electron chi connectivity index (χ4n) is 1.25. The summed E-state index contributed by atoms with van der Waals surface area (Å²) < 4.78 is 0. The van der Waals surface area contributed by atoms with E-state index < -0.39 is 0 Å². The zero-order chi connectivity index (χ0) is 10.6. The van der Waals surface area contributed by atoms with Gasteiger partial charge in [0.05, 0.1) is 0 Å². The molecule has 1 aliphatic rings. The summed E-state index contributed by atoms with van der Waals surface area (Å²) in [5.41, 5.74) is 5.88. The van der Waals surface area contributed by atoms with Crippen molar-refractivity contribution in [3.8, 4) is 0 Å². The van der Waals surface area contributed by atoms with Crippen LogP contribution in [-0.4, -0.2) is 49.4 Å². The fraction of sp³-hybridized carbons (Fsp3) is 0.500. The van der Waals surface area contributed by atoms with Crippen LogP contribution >= 0.6 is 0 Å². The van der Waals surface area contributed by atoms with Crippen LogP contribution in [0.15, 0.2) is 23.9 Å². The van der Waals surface area contributed by atoms with Crippen molar-refractivity contribution in [2.75, 3.05) is 33.7 Å². The molecule has 0 aromatic rings. The van der Waals surface area contributed by atoms with Crippen molar-refractivity contribution in [2.45, 2.75) is 0 Å². The summed E-state index contributed by atoms with van der Waals surface area (Å²) in [5.74, 6) is -0.329. The van der Waals surface area contributed by atoms with Crippen LogP contribution in [0.2, 0.25) is 0 Å². The van der Waals surface area contributed by atoms with E-state index in [-0.39, 0.29) is 5.91 Å². The lowest BCUT2D eigenvalue weighted by molar-refractivity contribution is -0.114. The van der Waals surface area contributed by atoms with Gasteiger partial charge in [-0.25, -0.2) is 0 Å². The number of hydrogen-bond donors (Lipinski definition) is 1. The van der Waals surface area contributed by atoms with Crippen molar-refractivity contribution in [1.82, 2.24) is 9.80 Å². The van der Waals surface area contributed by atoms with Gasteiger partial charge in [-0.15, -0.1) is 0 Å². The fourth-order valence-corrected chi connectivity index (χ4v) is 1.25. The van der Waals surface area contributed by atoms with Crippen LogP contribution in [0.1, 0.15) is 0 Å². The number of nitrogens with two attached hydrogens (primary N) is 1. The number of nitrogens with zero attached hydrogens (tertiary/aromatic N) is 2. The molecule has 4 nitrogen and oxygen atoms in total. The Labute approximate surface area is 84.7 Å². The summed E-state index contributed by atoms with van der Waals surface area (Å²) in [6, 6.07) is 0. The quantitative estimate of drug-likeness (QED) is 0.675. The van der Waals surface area contributed by atoms with Gasteiger partial charge in [-0.1, -0.05) is 6.08 Å². The monoisotopic (exact) mass is 195 g/mol. The molecule has 78 valence electrons. The van der Waals surface area contributed by atoms with Gasteiger partial charge >= 0.3 is 0 Å². The largest absolute Gasteiger partial charge is 0.372 e. The average Bonchev–Trinajstić information content (AvgIpc) is 2.15. The number of hydrogen-bond acceptors (Lipinski definition) is 3. The molecule has 1 amide bonds. The molecule has 0 unspecified atom stereocenters. The molecular weight excluding hydrogens is 178 g/mol. The van der Waals surface area contributed by atoms with E-state index in [0.717, 1.165) is 13.1 Å².